The molecule has 1 fully saturated rings. The van der Waals surface area contributed by atoms with Crippen molar-refractivity contribution >= 4 is 5.91 Å². The molecule has 18 heavy (non-hydrogen) atoms. The van der Waals surface area contributed by atoms with Gasteiger partial charge in [0.25, 0.3) is 0 Å². The van der Waals surface area contributed by atoms with E-state index in [1.807, 2.05) is 30.0 Å². The Bertz CT molecular complexity index is 371. The van der Waals surface area contributed by atoms with Gasteiger partial charge in [0.2, 0.25) is 5.91 Å². The normalized spacial score (nSPS) is 15.8. The van der Waals surface area contributed by atoms with E-state index >= 15 is 0 Å². The minimum absolute atomic E-state index is 0.253. The summed E-state index contributed by atoms with van der Waals surface area (Å²) in [7, 11) is 0. The average molecular weight is 246 g/mol. The van der Waals surface area contributed by atoms with Gasteiger partial charge >= 0.3 is 0 Å². The molecule has 0 radical (unpaired) electrons. The second kappa shape index (κ2) is 6.55. The molecule has 0 spiro atoms. The van der Waals surface area contributed by atoms with Crippen LogP contribution in [-0.2, 0) is 11.3 Å². The van der Waals surface area contributed by atoms with Crippen molar-refractivity contribution in [3.63, 3.8) is 0 Å². The number of hydrogen-bond donors (Lipinski definition) is 0. The molecule has 3 heteroatoms. The first-order valence-corrected chi connectivity index (χ1v) is 6.83. The molecule has 0 aromatic heterocycles. The predicted molar refractivity (Wildman–Crippen MR) is 73.2 cm³/mol. The Morgan fingerprint density at radius 2 is 1.89 bits per heavy atom. The van der Waals surface area contributed by atoms with Crippen LogP contribution in [0.25, 0.3) is 0 Å². The van der Waals surface area contributed by atoms with Crippen molar-refractivity contribution in [1.29, 1.82) is 0 Å². The summed E-state index contributed by atoms with van der Waals surface area (Å²) in [6, 6.07) is 10.2. The van der Waals surface area contributed by atoms with Gasteiger partial charge in [-0.2, -0.15) is 0 Å². The monoisotopic (exact) mass is 246 g/mol. The van der Waals surface area contributed by atoms with Crippen LogP contribution in [-0.4, -0.2) is 41.9 Å². The number of carbonyl (C=O) groups excluding carboxylic acids is 1. The molecule has 1 aliphatic rings. The summed E-state index contributed by atoms with van der Waals surface area (Å²) < 4.78 is 0. The maximum absolute atomic E-state index is 12.2. The number of benzene rings is 1. The van der Waals surface area contributed by atoms with Crippen molar-refractivity contribution in [2.75, 3.05) is 26.2 Å². The van der Waals surface area contributed by atoms with Gasteiger partial charge in [-0.15, -0.1) is 0 Å². The van der Waals surface area contributed by atoms with Gasteiger partial charge in [-0.3, -0.25) is 9.69 Å². The van der Waals surface area contributed by atoms with Crippen molar-refractivity contribution < 1.29 is 4.79 Å². The zero-order valence-corrected chi connectivity index (χ0v) is 11.1. The van der Waals surface area contributed by atoms with E-state index < -0.39 is 0 Å². The molecule has 1 aromatic carbocycles. The summed E-state index contributed by atoms with van der Waals surface area (Å²) in [5, 5.41) is 0. The first kappa shape index (κ1) is 13.1. The van der Waals surface area contributed by atoms with Crippen LogP contribution in [0.1, 0.15) is 25.3 Å². The molecular weight excluding hydrogens is 224 g/mol. The van der Waals surface area contributed by atoms with Crippen LogP contribution < -0.4 is 0 Å². The summed E-state index contributed by atoms with van der Waals surface area (Å²) in [6.45, 7) is 6.29. The molecule has 1 heterocycles. The Morgan fingerprint density at radius 3 is 2.50 bits per heavy atom. The van der Waals surface area contributed by atoms with E-state index in [1.165, 1.54) is 18.4 Å². The summed E-state index contributed by atoms with van der Waals surface area (Å²) in [6.07, 6.45) is 2.47. The lowest BCUT2D eigenvalue weighted by Gasteiger charge is -2.24. The maximum Gasteiger partial charge on any atom is 0.237 e. The van der Waals surface area contributed by atoms with Gasteiger partial charge in [0, 0.05) is 13.1 Å². The van der Waals surface area contributed by atoms with Crippen LogP contribution in [0.15, 0.2) is 30.3 Å². The summed E-state index contributed by atoms with van der Waals surface area (Å²) >= 11 is 0. The van der Waals surface area contributed by atoms with Gasteiger partial charge in [-0.25, -0.2) is 0 Å². The fourth-order valence-electron chi connectivity index (χ4n) is 2.41. The fraction of sp³-hybridized carbons (Fsp3) is 0.533. The van der Waals surface area contributed by atoms with Crippen LogP contribution in [0, 0.1) is 0 Å². The molecule has 3 nitrogen and oxygen atoms in total. The first-order chi connectivity index (χ1) is 8.79. The van der Waals surface area contributed by atoms with E-state index in [9.17, 15) is 4.79 Å². The van der Waals surface area contributed by atoms with Gasteiger partial charge in [0.05, 0.1) is 6.54 Å². The number of carbonyl (C=O) groups is 1. The number of hydrogen-bond acceptors (Lipinski definition) is 2. The summed E-state index contributed by atoms with van der Waals surface area (Å²) in [5.41, 5.74) is 1.20. The molecule has 1 amide bonds. The molecule has 0 atom stereocenters. The zero-order valence-electron chi connectivity index (χ0n) is 11.1. The minimum Gasteiger partial charge on any atom is -0.338 e. The van der Waals surface area contributed by atoms with Crippen molar-refractivity contribution in [2.24, 2.45) is 0 Å². The summed E-state index contributed by atoms with van der Waals surface area (Å²) in [4.78, 5) is 16.4. The third-order valence-corrected chi connectivity index (χ3v) is 3.51. The number of nitrogens with zero attached hydrogens (tertiary/aromatic N) is 2. The van der Waals surface area contributed by atoms with E-state index in [0.29, 0.717) is 6.54 Å². The SMILES string of the molecule is CCN(Cc1ccccc1)C(=O)CN1CCCC1. The standard InChI is InChI=1S/C15H22N2O/c1-2-17(12-14-8-4-3-5-9-14)15(18)13-16-10-6-7-11-16/h3-5,8-9H,2,6-7,10-13H2,1H3. The summed E-state index contributed by atoms with van der Waals surface area (Å²) in [5.74, 6) is 0.253. The van der Waals surface area contributed by atoms with Gasteiger partial charge in [-0.1, -0.05) is 30.3 Å². The molecule has 0 aliphatic carbocycles. The van der Waals surface area contributed by atoms with Gasteiger partial charge < -0.3 is 4.90 Å². The number of rotatable bonds is 5. The Hall–Kier alpha value is -1.35. The molecule has 1 aromatic rings. The van der Waals surface area contributed by atoms with Crippen LogP contribution in [0.2, 0.25) is 0 Å². The van der Waals surface area contributed by atoms with Gasteiger partial charge in [0.1, 0.15) is 0 Å². The van der Waals surface area contributed by atoms with Gasteiger partial charge in [-0.05, 0) is 38.4 Å². The van der Waals surface area contributed by atoms with E-state index in [4.69, 9.17) is 0 Å². The topological polar surface area (TPSA) is 23.6 Å². The second-order valence-corrected chi connectivity index (χ2v) is 4.88. The van der Waals surface area contributed by atoms with E-state index in [2.05, 4.69) is 17.0 Å². The molecule has 98 valence electrons. The third-order valence-electron chi connectivity index (χ3n) is 3.51. The highest BCUT2D eigenvalue weighted by Crippen LogP contribution is 2.09. The van der Waals surface area contributed by atoms with Crippen LogP contribution >= 0.6 is 0 Å². The number of likely N-dealkylation sites (N-methyl/N-ethyl adjacent to an activating group) is 1. The predicted octanol–water partition coefficient (Wildman–Crippen LogP) is 2.13. The highest BCUT2D eigenvalue weighted by molar-refractivity contribution is 5.78. The molecule has 2 rings (SSSR count). The zero-order chi connectivity index (χ0) is 12.8. The van der Waals surface area contributed by atoms with Crippen LogP contribution in [0.3, 0.4) is 0 Å². The Morgan fingerprint density at radius 1 is 1.22 bits per heavy atom. The van der Waals surface area contributed by atoms with Crippen LogP contribution in [0.4, 0.5) is 0 Å². The highest BCUT2D eigenvalue weighted by Gasteiger charge is 2.18. The minimum atomic E-state index is 0.253. The molecule has 0 bridgehead atoms. The molecular formula is C15H22N2O. The molecule has 0 unspecified atom stereocenters. The van der Waals surface area contributed by atoms with E-state index in [1.54, 1.807) is 0 Å². The van der Waals surface area contributed by atoms with E-state index in [-0.39, 0.29) is 5.91 Å². The first-order valence-electron chi connectivity index (χ1n) is 6.83. The Balaban J connectivity index is 1.89. The quantitative estimate of drug-likeness (QED) is 0.794. The lowest BCUT2D eigenvalue weighted by molar-refractivity contribution is -0.132. The smallest absolute Gasteiger partial charge is 0.237 e. The van der Waals surface area contributed by atoms with Crippen molar-refractivity contribution in [3.05, 3.63) is 35.9 Å². The highest BCUT2D eigenvalue weighted by atomic mass is 16.2. The van der Waals surface area contributed by atoms with Crippen molar-refractivity contribution in [2.45, 2.75) is 26.3 Å². The maximum atomic E-state index is 12.2. The molecule has 0 N–H and O–H groups in total. The van der Waals surface area contributed by atoms with Gasteiger partial charge in [0.15, 0.2) is 0 Å². The lowest BCUT2D eigenvalue weighted by atomic mass is 10.2. The van der Waals surface area contributed by atoms with E-state index in [0.717, 1.165) is 26.2 Å². The Kier molecular flexibility index (Phi) is 4.76. The largest absolute Gasteiger partial charge is 0.338 e. The second-order valence-electron chi connectivity index (χ2n) is 4.88. The van der Waals surface area contributed by atoms with Crippen LogP contribution in [0.5, 0.6) is 0 Å². The molecule has 1 aliphatic heterocycles. The lowest BCUT2D eigenvalue weighted by Crippen LogP contribution is -2.38. The third kappa shape index (κ3) is 3.57. The fourth-order valence-corrected chi connectivity index (χ4v) is 2.41. The molecule has 1 saturated heterocycles. The Labute approximate surface area is 109 Å². The number of likely N-dealkylation sites (tertiary alicyclic amines) is 1. The van der Waals surface area contributed by atoms with Crippen molar-refractivity contribution in [1.82, 2.24) is 9.80 Å². The van der Waals surface area contributed by atoms with Crippen molar-refractivity contribution in [3.8, 4) is 0 Å². The molecule has 0 saturated carbocycles. The number of amides is 1. The average Bonchev–Trinajstić information content (AvgIpc) is 2.90.